The van der Waals surface area contributed by atoms with Crippen molar-refractivity contribution in [2.45, 2.75) is 6.61 Å². The molecule has 0 saturated carbocycles. The highest BCUT2D eigenvalue weighted by atomic mass is 16.5. The third-order valence-corrected chi connectivity index (χ3v) is 1.73. The molecular formula is C13H14O. The SMILES string of the molecule is C=CC=C(C=C)OCc1ccccc1. The Kier molecular flexibility index (Phi) is 4.29. The summed E-state index contributed by atoms with van der Waals surface area (Å²) in [6.07, 6.45) is 5.14. The predicted molar refractivity (Wildman–Crippen MR) is 59.7 cm³/mol. The summed E-state index contributed by atoms with van der Waals surface area (Å²) in [5.41, 5.74) is 1.14. The average Bonchev–Trinajstić information content (AvgIpc) is 2.25. The highest BCUT2D eigenvalue weighted by Crippen LogP contribution is 2.06. The first kappa shape index (κ1) is 10.3. The van der Waals surface area contributed by atoms with Gasteiger partial charge in [0.2, 0.25) is 0 Å². The van der Waals surface area contributed by atoms with Crippen molar-refractivity contribution in [2.75, 3.05) is 0 Å². The van der Waals surface area contributed by atoms with Crippen molar-refractivity contribution in [3.63, 3.8) is 0 Å². The van der Waals surface area contributed by atoms with Gasteiger partial charge in [0.15, 0.2) is 0 Å². The molecule has 0 heterocycles. The van der Waals surface area contributed by atoms with Crippen molar-refractivity contribution in [1.29, 1.82) is 0 Å². The maximum absolute atomic E-state index is 5.49. The molecule has 0 saturated heterocycles. The lowest BCUT2D eigenvalue weighted by Gasteiger charge is -2.05. The minimum Gasteiger partial charge on any atom is -0.489 e. The highest BCUT2D eigenvalue weighted by Gasteiger charge is 1.93. The Morgan fingerprint density at radius 3 is 2.50 bits per heavy atom. The molecule has 1 heteroatoms. The first-order chi connectivity index (χ1) is 6.86. The van der Waals surface area contributed by atoms with Crippen LogP contribution in [0.3, 0.4) is 0 Å². The fourth-order valence-corrected chi connectivity index (χ4v) is 1.03. The van der Waals surface area contributed by atoms with Crippen LogP contribution < -0.4 is 0 Å². The second-order valence-corrected chi connectivity index (χ2v) is 2.78. The molecule has 1 nitrogen and oxygen atoms in total. The van der Waals surface area contributed by atoms with E-state index in [1.807, 2.05) is 30.3 Å². The Hall–Kier alpha value is -1.76. The van der Waals surface area contributed by atoms with Crippen LogP contribution in [0, 0.1) is 0 Å². The van der Waals surface area contributed by atoms with Crippen molar-refractivity contribution in [1.82, 2.24) is 0 Å². The maximum atomic E-state index is 5.49. The molecule has 1 aromatic carbocycles. The Labute approximate surface area is 85.0 Å². The lowest BCUT2D eigenvalue weighted by Crippen LogP contribution is -1.90. The van der Waals surface area contributed by atoms with E-state index in [1.165, 1.54) is 0 Å². The van der Waals surface area contributed by atoms with E-state index < -0.39 is 0 Å². The zero-order chi connectivity index (χ0) is 10.2. The molecule has 1 rings (SSSR count). The smallest absolute Gasteiger partial charge is 0.119 e. The van der Waals surface area contributed by atoms with Gasteiger partial charge in [-0.25, -0.2) is 0 Å². The summed E-state index contributed by atoms with van der Waals surface area (Å²) in [6.45, 7) is 7.81. The van der Waals surface area contributed by atoms with Gasteiger partial charge < -0.3 is 4.74 Å². The number of hydrogen-bond donors (Lipinski definition) is 0. The van der Waals surface area contributed by atoms with Gasteiger partial charge in [-0.3, -0.25) is 0 Å². The fourth-order valence-electron chi connectivity index (χ4n) is 1.03. The molecule has 1 aromatic rings. The maximum Gasteiger partial charge on any atom is 0.119 e. The second kappa shape index (κ2) is 5.81. The van der Waals surface area contributed by atoms with E-state index in [2.05, 4.69) is 13.2 Å². The van der Waals surface area contributed by atoms with E-state index in [1.54, 1.807) is 18.2 Å². The largest absolute Gasteiger partial charge is 0.489 e. The average molecular weight is 186 g/mol. The molecular weight excluding hydrogens is 172 g/mol. The van der Waals surface area contributed by atoms with Crippen molar-refractivity contribution < 1.29 is 4.74 Å². The topological polar surface area (TPSA) is 9.23 Å². The van der Waals surface area contributed by atoms with Crippen LogP contribution in [0.2, 0.25) is 0 Å². The minimum atomic E-state index is 0.562. The molecule has 0 aliphatic carbocycles. The summed E-state index contributed by atoms with van der Waals surface area (Å²) < 4.78 is 5.49. The lowest BCUT2D eigenvalue weighted by atomic mass is 10.2. The Morgan fingerprint density at radius 2 is 1.93 bits per heavy atom. The van der Waals surface area contributed by atoms with Crippen LogP contribution in [0.25, 0.3) is 0 Å². The first-order valence-electron chi connectivity index (χ1n) is 4.48. The third-order valence-electron chi connectivity index (χ3n) is 1.73. The zero-order valence-corrected chi connectivity index (χ0v) is 8.15. The number of rotatable bonds is 5. The molecule has 0 N–H and O–H groups in total. The predicted octanol–water partition coefficient (Wildman–Crippen LogP) is 3.46. The standard InChI is InChI=1S/C13H14O/c1-3-8-13(4-2)14-11-12-9-6-5-7-10-12/h3-10H,1-2,11H2. The van der Waals surface area contributed by atoms with E-state index >= 15 is 0 Å². The fraction of sp³-hybridized carbons (Fsp3) is 0.0769. The van der Waals surface area contributed by atoms with Gasteiger partial charge in [0.1, 0.15) is 12.4 Å². The number of allylic oxidation sites excluding steroid dienone is 3. The van der Waals surface area contributed by atoms with Crippen LogP contribution in [0.4, 0.5) is 0 Å². The normalized spacial score (nSPS) is 10.7. The minimum absolute atomic E-state index is 0.562. The molecule has 0 radical (unpaired) electrons. The van der Waals surface area contributed by atoms with Crippen molar-refractivity contribution in [3.05, 3.63) is 73.0 Å². The quantitative estimate of drug-likeness (QED) is 0.505. The Morgan fingerprint density at radius 1 is 1.21 bits per heavy atom. The molecule has 0 fully saturated rings. The van der Waals surface area contributed by atoms with Gasteiger partial charge >= 0.3 is 0 Å². The van der Waals surface area contributed by atoms with Crippen LogP contribution in [0.5, 0.6) is 0 Å². The van der Waals surface area contributed by atoms with Crippen LogP contribution >= 0.6 is 0 Å². The molecule has 72 valence electrons. The molecule has 0 amide bonds. The summed E-state index contributed by atoms with van der Waals surface area (Å²) in [7, 11) is 0. The number of ether oxygens (including phenoxy) is 1. The van der Waals surface area contributed by atoms with Crippen LogP contribution in [-0.4, -0.2) is 0 Å². The van der Waals surface area contributed by atoms with E-state index in [9.17, 15) is 0 Å². The zero-order valence-electron chi connectivity index (χ0n) is 8.15. The summed E-state index contributed by atoms with van der Waals surface area (Å²) in [6, 6.07) is 10.0. The van der Waals surface area contributed by atoms with Crippen LogP contribution in [0.15, 0.2) is 67.5 Å². The molecule has 0 atom stereocenters. The third kappa shape index (κ3) is 3.31. The van der Waals surface area contributed by atoms with Crippen molar-refractivity contribution >= 4 is 0 Å². The summed E-state index contributed by atoms with van der Waals surface area (Å²) in [5, 5.41) is 0. The molecule has 0 unspecified atom stereocenters. The van der Waals surface area contributed by atoms with Crippen molar-refractivity contribution in [2.24, 2.45) is 0 Å². The molecule has 14 heavy (non-hydrogen) atoms. The van der Waals surface area contributed by atoms with Gasteiger partial charge in [-0.15, -0.1) is 0 Å². The van der Waals surface area contributed by atoms with Crippen LogP contribution in [0.1, 0.15) is 5.56 Å². The number of hydrogen-bond acceptors (Lipinski definition) is 1. The first-order valence-corrected chi connectivity index (χ1v) is 4.48. The van der Waals surface area contributed by atoms with Gasteiger partial charge in [0, 0.05) is 0 Å². The van der Waals surface area contributed by atoms with E-state index in [4.69, 9.17) is 4.74 Å². The summed E-state index contributed by atoms with van der Waals surface area (Å²) >= 11 is 0. The monoisotopic (exact) mass is 186 g/mol. The van der Waals surface area contributed by atoms with Crippen LogP contribution in [-0.2, 0) is 11.3 Å². The molecule has 0 bridgehead atoms. The molecule has 0 aliphatic heterocycles. The van der Waals surface area contributed by atoms with Gasteiger partial charge in [-0.1, -0.05) is 49.6 Å². The summed E-state index contributed by atoms with van der Waals surface area (Å²) in [5.74, 6) is 0.740. The van der Waals surface area contributed by atoms with Gasteiger partial charge in [-0.05, 0) is 17.7 Å². The molecule has 0 aliphatic rings. The van der Waals surface area contributed by atoms with Gasteiger partial charge in [0.05, 0.1) is 0 Å². The highest BCUT2D eigenvalue weighted by molar-refractivity contribution is 5.17. The number of benzene rings is 1. The van der Waals surface area contributed by atoms with E-state index in [-0.39, 0.29) is 0 Å². The molecule has 0 aromatic heterocycles. The second-order valence-electron chi connectivity index (χ2n) is 2.78. The lowest BCUT2D eigenvalue weighted by molar-refractivity contribution is 0.211. The summed E-state index contributed by atoms with van der Waals surface area (Å²) in [4.78, 5) is 0. The van der Waals surface area contributed by atoms with E-state index in [0.29, 0.717) is 6.61 Å². The van der Waals surface area contributed by atoms with Crippen molar-refractivity contribution in [3.8, 4) is 0 Å². The Balaban J connectivity index is 2.52. The van der Waals surface area contributed by atoms with Gasteiger partial charge in [0.25, 0.3) is 0 Å². The molecule has 0 spiro atoms. The Bertz CT molecular complexity index is 322. The van der Waals surface area contributed by atoms with Gasteiger partial charge in [-0.2, -0.15) is 0 Å². The van der Waals surface area contributed by atoms with E-state index in [0.717, 1.165) is 11.3 Å².